The number of hydrogen-bond acceptors (Lipinski definition) is 5. The highest BCUT2D eigenvalue weighted by atomic mass is 16.6. The minimum absolute atomic E-state index is 0.0305. The van der Waals surface area contributed by atoms with Gasteiger partial charge in [-0.25, -0.2) is 4.79 Å². The maximum atomic E-state index is 12.5. The van der Waals surface area contributed by atoms with E-state index in [9.17, 15) is 9.59 Å². The smallest absolute Gasteiger partial charge is 0.412 e. The lowest BCUT2D eigenvalue weighted by Gasteiger charge is -2.14. The standard InChI is InChI=1S/C27H24N2O5/c1-17-25(28-27(32)33-18(2)20-8-4-3-5-9-20)26(34-29-17)22-13-11-21(12-14-22)23-10-6-7-19(15-23)16-24(30)31/h3-15,18H,16H2,1-2H3,(H,28,32)(H,30,31). The number of aliphatic carboxylic acids is 1. The number of amides is 1. The first-order chi connectivity index (χ1) is 16.4. The van der Waals surface area contributed by atoms with E-state index < -0.39 is 18.2 Å². The topological polar surface area (TPSA) is 102 Å². The third-order valence-corrected chi connectivity index (χ3v) is 5.41. The van der Waals surface area contributed by atoms with Gasteiger partial charge in [0.05, 0.1) is 6.42 Å². The lowest BCUT2D eigenvalue weighted by atomic mass is 10.00. The summed E-state index contributed by atoms with van der Waals surface area (Å²) in [5.41, 5.74) is 5.18. The second-order valence-corrected chi connectivity index (χ2v) is 7.90. The first-order valence-electron chi connectivity index (χ1n) is 10.8. The molecule has 4 aromatic rings. The van der Waals surface area contributed by atoms with E-state index in [1.807, 2.05) is 72.8 Å². The fraction of sp³-hybridized carbons (Fsp3) is 0.148. The van der Waals surface area contributed by atoms with Crippen molar-refractivity contribution < 1.29 is 24.0 Å². The molecule has 1 heterocycles. The summed E-state index contributed by atoms with van der Waals surface area (Å²) < 4.78 is 11.0. The van der Waals surface area contributed by atoms with Gasteiger partial charge in [0.25, 0.3) is 0 Å². The van der Waals surface area contributed by atoms with Crippen LogP contribution in [0.2, 0.25) is 0 Å². The van der Waals surface area contributed by atoms with Crippen molar-refractivity contribution in [2.24, 2.45) is 0 Å². The number of anilines is 1. The molecule has 4 rings (SSSR count). The Morgan fingerprint density at radius 2 is 1.68 bits per heavy atom. The molecule has 2 N–H and O–H groups in total. The van der Waals surface area contributed by atoms with Gasteiger partial charge < -0.3 is 14.4 Å². The molecule has 34 heavy (non-hydrogen) atoms. The summed E-state index contributed by atoms with van der Waals surface area (Å²) in [4.78, 5) is 23.5. The lowest BCUT2D eigenvalue weighted by molar-refractivity contribution is -0.136. The SMILES string of the molecule is Cc1noc(-c2ccc(-c3cccc(CC(=O)O)c3)cc2)c1NC(=O)OC(C)c1ccccc1. The highest BCUT2D eigenvalue weighted by Gasteiger charge is 2.20. The Morgan fingerprint density at radius 3 is 2.38 bits per heavy atom. The number of carboxylic acids is 1. The molecule has 1 amide bonds. The fourth-order valence-electron chi connectivity index (χ4n) is 3.65. The van der Waals surface area contributed by atoms with Crippen molar-refractivity contribution in [3.05, 3.63) is 95.7 Å². The van der Waals surface area contributed by atoms with Crippen LogP contribution in [0.5, 0.6) is 0 Å². The number of ether oxygens (including phenoxy) is 1. The maximum Gasteiger partial charge on any atom is 0.412 e. The molecule has 1 atom stereocenters. The Morgan fingerprint density at radius 1 is 0.971 bits per heavy atom. The van der Waals surface area contributed by atoms with E-state index in [1.165, 1.54) is 0 Å². The van der Waals surface area contributed by atoms with E-state index in [-0.39, 0.29) is 6.42 Å². The molecule has 3 aromatic carbocycles. The van der Waals surface area contributed by atoms with Gasteiger partial charge in [-0.05, 0) is 36.1 Å². The summed E-state index contributed by atoms with van der Waals surface area (Å²) in [5.74, 6) is -0.446. The summed E-state index contributed by atoms with van der Waals surface area (Å²) in [6, 6.07) is 24.4. The average molecular weight is 456 g/mol. The van der Waals surface area contributed by atoms with Gasteiger partial charge in [-0.3, -0.25) is 10.1 Å². The van der Waals surface area contributed by atoms with Gasteiger partial charge in [0.1, 0.15) is 17.5 Å². The molecule has 1 aromatic heterocycles. The predicted molar refractivity (Wildman–Crippen MR) is 128 cm³/mol. The van der Waals surface area contributed by atoms with Crippen molar-refractivity contribution in [2.75, 3.05) is 5.32 Å². The van der Waals surface area contributed by atoms with E-state index >= 15 is 0 Å². The van der Waals surface area contributed by atoms with Crippen LogP contribution in [0.15, 0.2) is 83.4 Å². The van der Waals surface area contributed by atoms with Gasteiger partial charge in [-0.15, -0.1) is 0 Å². The zero-order valence-electron chi connectivity index (χ0n) is 18.8. The number of nitrogens with one attached hydrogen (secondary N) is 1. The minimum Gasteiger partial charge on any atom is -0.481 e. The highest BCUT2D eigenvalue weighted by Crippen LogP contribution is 2.33. The normalized spacial score (nSPS) is 11.6. The number of aryl methyl sites for hydroxylation is 1. The molecule has 1 unspecified atom stereocenters. The quantitative estimate of drug-likeness (QED) is 0.341. The molecule has 0 bridgehead atoms. The number of carboxylic acid groups (broad SMARTS) is 1. The van der Waals surface area contributed by atoms with Gasteiger partial charge >= 0.3 is 12.1 Å². The number of benzene rings is 3. The minimum atomic E-state index is -0.870. The summed E-state index contributed by atoms with van der Waals surface area (Å²) in [7, 11) is 0. The Hall–Kier alpha value is -4.39. The lowest BCUT2D eigenvalue weighted by Crippen LogP contribution is -2.16. The van der Waals surface area contributed by atoms with Crippen molar-refractivity contribution in [3.8, 4) is 22.5 Å². The molecule has 7 heteroatoms. The van der Waals surface area contributed by atoms with Crippen LogP contribution < -0.4 is 5.32 Å². The van der Waals surface area contributed by atoms with Crippen LogP contribution in [0.4, 0.5) is 10.5 Å². The second kappa shape index (κ2) is 10.0. The average Bonchev–Trinajstić information content (AvgIpc) is 3.19. The van der Waals surface area contributed by atoms with Gasteiger partial charge in [-0.1, -0.05) is 84.0 Å². The summed E-state index contributed by atoms with van der Waals surface area (Å²) in [6.07, 6.45) is -1.05. The van der Waals surface area contributed by atoms with Crippen LogP contribution in [-0.2, 0) is 16.0 Å². The molecule has 0 aliphatic heterocycles. The van der Waals surface area contributed by atoms with Crippen LogP contribution in [0.1, 0.15) is 29.8 Å². The molecule has 0 radical (unpaired) electrons. The van der Waals surface area contributed by atoms with E-state index in [1.54, 1.807) is 19.9 Å². The van der Waals surface area contributed by atoms with Crippen LogP contribution in [0.3, 0.4) is 0 Å². The van der Waals surface area contributed by atoms with E-state index in [0.717, 1.165) is 27.8 Å². The first-order valence-corrected chi connectivity index (χ1v) is 10.8. The summed E-state index contributed by atoms with van der Waals surface area (Å²) >= 11 is 0. The van der Waals surface area contributed by atoms with Crippen molar-refractivity contribution in [3.63, 3.8) is 0 Å². The molecule has 0 saturated carbocycles. The Kier molecular flexibility index (Phi) is 6.73. The van der Waals surface area contributed by atoms with Gasteiger partial charge in [-0.2, -0.15) is 0 Å². The monoisotopic (exact) mass is 456 g/mol. The summed E-state index contributed by atoms with van der Waals surface area (Å²) in [6.45, 7) is 3.55. The highest BCUT2D eigenvalue weighted by molar-refractivity contribution is 5.91. The molecule has 7 nitrogen and oxygen atoms in total. The van der Waals surface area contributed by atoms with Crippen molar-refractivity contribution in [2.45, 2.75) is 26.4 Å². The zero-order valence-corrected chi connectivity index (χ0v) is 18.8. The Bertz CT molecular complexity index is 1300. The van der Waals surface area contributed by atoms with Crippen molar-refractivity contribution >= 4 is 17.7 Å². The molecule has 0 aliphatic rings. The van der Waals surface area contributed by atoms with Gasteiger partial charge in [0, 0.05) is 5.56 Å². The molecular weight excluding hydrogens is 432 g/mol. The number of nitrogens with zero attached hydrogens (tertiary/aromatic N) is 1. The number of rotatable bonds is 7. The van der Waals surface area contributed by atoms with Crippen molar-refractivity contribution in [1.82, 2.24) is 5.16 Å². The molecule has 0 aliphatic carbocycles. The zero-order chi connectivity index (χ0) is 24.1. The Balaban J connectivity index is 1.50. The molecule has 0 fully saturated rings. The van der Waals surface area contributed by atoms with Crippen LogP contribution >= 0.6 is 0 Å². The van der Waals surface area contributed by atoms with Gasteiger partial charge in [0.15, 0.2) is 5.76 Å². The molecular formula is C27H24N2O5. The van der Waals surface area contributed by atoms with Gasteiger partial charge in [0.2, 0.25) is 0 Å². The fourth-order valence-corrected chi connectivity index (χ4v) is 3.65. The van der Waals surface area contributed by atoms with Crippen molar-refractivity contribution in [1.29, 1.82) is 0 Å². The molecule has 0 saturated heterocycles. The first kappa shape index (κ1) is 22.8. The van der Waals surface area contributed by atoms with Crippen LogP contribution in [0.25, 0.3) is 22.5 Å². The number of aromatic nitrogens is 1. The number of carbonyl (C=O) groups is 2. The third kappa shape index (κ3) is 5.32. The third-order valence-electron chi connectivity index (χ3n) is 5.41. The number of hydrogen-bond donors (Lipinski definition) is 2. The van der Waals surface area contributed by atoms with E-state index in [4.69, 9.17) is 14.4 Å². The summed E-state index contributed by atoms with van der Waals surface area (Å²) in [5, 5.41) is 15.8. The Labute approximate surface area is 197 Å². The van der Waals surface area contributed by atoms with E-state index in [0.29, 0.717) is 17.1 Å². The molecule has 172 valence electrons. The second-order valence-electron chi connectivity index (χ2n) is 7.90. The number of carbonyl (C=O) groups excluding carboxylic acids is 1. The van der Waals surface area contributed by atoms with E-state index in [2.05, 4.69) is 10.5 Å². The largest absolute Gasteiger partial charge is 0.481 e. The van der Waals surface area contributed by atoms with Crippen LogP contribution in [-0.4, -0.2) is 22.3 Å². The molecule has 0 spiro atoms. The predicted octanol–water partition coefficient (Wildman–Crippen LogP) is 6.25. The van der Waals surface area contributed by atoms with Crippen LogP contribution in [0, 0.1) is 6.92 Å². The maximum absolute atomic E-state index is 12.5.